The molecule has 0 fully saturated rings. The van der Waals surface area contributed by atoms with Crippen LogP contribution in [0.5, 0.6) is 5.75 Å². The van der Waals surface area contributed by atoms with E-state index in [1.807, 2.05) is 0 Å². The molecule has 1 aromatic carbocycles. The van der Waals surface area contributed by atoms with Gasteiger partial charge in [0.1, 0.15) is 11.3 Å². The largest absolute Gasteiger partial charge is 0.494 e. The predicted octanol–water partition coefficient (Wildman–Crippen LogP) is 0.942. The van der Waals surface area contributed by atoms with Gasteiger partial charge in [-0.1, -0.05) is 0 Å². The molecule has 0 saturated carbocycles. The molecule has 0 aliphatic carbocycles. The number of carbonyl (C=O) groups is 1. The number of nitrogens with one attached hydrogen (secondary N) is 1. The first-order chi connectivity index (χ1) is 6.76. The molecule has 2 rings (SSSR count). The zero-order chi connectivity index (χ0) is 10.1. The molecule has 0 saturated heterocycles. The zero-order valence-electron chi connectivity index (χ0n) is 7.37. The second-order valence-electron chi connectivity index (χ2n) is 2.69. The minimum absolute atomic E-state index is 0.226. The molecule has 14 heavy (non-hydrogen) atoms. The Kier molecular flexibility index (Phi) is 1.85. The van der Waals surface area contributed by atoms with Crippen molar-refractivity contribution in [2.24, 2.45) is 0 Å². The van der Waals surface area contributed by atoms with Crippen molar-refractivity contribution in [1.82, 2.24) is 4.98 Å². The number of aromatic amines is 1. The molecule has 1 heterocycles. The molecule has 0 bridgehead atoms. The van der Waals surface area contributed by atoms with Gasteiger partial charge in [-0.05, 0) is 12.1 Å². The first-order valence-electron chi connectivity index (χ1n) is 3.91. The van der Waals surface area contributed by atoms with Crippen LogP contribution < -0.4 is 10.5 Å². The molecule has 0 radical (unpaired) electrons. The van der Waals surface area contributed by atoms with E-state index in [-0.39, 0.29) is 5.58 Å². The third-order valence-corrected chi connectivity index (χ3v) is 1.92. The van der Waals surface area contributed by atoms with Crippen LogP contribution in [0, 0.1) is 0 Å². The first-order valence-corrected chi connectivity index (χ1v) is 3.91. The number of H-pyrrole nitrogens is 1. The van der Waals surface area contributed by atoms with Gasteiger partial charge in [0.05, 0.1) is 12.7 Å². The maximum Gasteiger partial charge on any atom is 0.417 e. The number of benzene rings is 1. The summed E-state index contributed by atoms with van der Waals surface area (Å²) in [6.45, 7) is 0. The number of ether oxygens (including phenoxy) is 1. The average Bonchev–Trinajstić information content (AvgIpc) is 2.57. The topological polar surface area (TPSA) is 72.3 Å². The lowest BCUT2D eigenvalue weighted by Crippen LogP contribution is -1.93. The molecule has 72 valence electrons. The number of rotatable bonds is 2. The number of methoxy groups -OCH3 is 1. The molecule has 0 atom stereocenters. The third-order valence-electron chi connectivity index (χ3n) is 1.92. The molecule has 1 N–H and O–H groups in total. The molecule has 5 heteroatoms. The highest BCUT2D eigenvalue weighted by Gasteiger charge is 2.11. The smallest absolute Gasteiger partial charge is 0.417 e. The number of aromatic nitrogens is 1. The number of aldehydes is 1. The van der Waals surface area contributed by atoms with E-state index in [4.69, 9.17) is 9.15 Å². The predicted molar refractivity (Wildman–Crippen MR) is 48.8 cm³/mol. The second-order valence-corrected chi connectivity index (χ2v) is 2.69. The van der Waals surface area contributed by atoms with E-state index < -0.39 is 5.76 Å². The van der Waals surface area contributed by atoms with Crippen molar-refractivity contribution in [2.45, 2.75) is 0 Å². The summed E-state index contributed by atoms with van der Waals surface area (Å²) < 4.78 is 9.80. The molecule has 0 amide bonds. The van der Waals surface area contributed by atoms with Crippen molar-refractivity contribution >= 4 is 17.4 Å². The van der Waals surface area contributed by atoms with Gasteiger partial charge >= 0.3 is 5.76 Å². The van der Waals surface area contributed by atoms with E-state index in [1.165, 1.54) is 13.2 Å². The van der Waals surface area contributed by atoms with Crippen molar-refractivity contribution in [3.8, 4) is 5.75 Å². The minimum Gasteiger partial charge on any atom is -0.494 e. The maximum absolute atomic E-state index is 10.9. The van der Waals surface area contributed by atoms with Crippen molar-refractivity contribution in [3.63, 3.8) is 0 Å². The quantitative estimate of drug-likeness (QED) is 0.720. The van der Waals surface area contributed by atoms with Crippen molar-refractivity contribution < 1.29 is 13.9 Å². The number of fused-ring (bicyclic) bond motifs is 1. The Balaban J connectivity index is 2.90. The monoisotopic (exact) mass is 193 g/mol. The van der Waals surface area contributed by atoms with E-state index in [0.29, 0.717) is 23.1 Å². The fraction of sp³-hybridized carbons (Fsp3) is 0.111. The summed E-state index contributed by atoms with van der Waals surface area (Å²) in [4.78, 5) is 24.0. The number of hydrogen-bond acceptors (Lipinski definition) is 4. The van der Waals surface area contributed by atoms with Gasteiger partial charge in [0.2, 0.25) is 0 Å². The summed E-state index contributed by atoms with van der Waals surface area (Å²) in [6, 6.07) is 3.13. The van der Waals surface area contributed by atoms with Gasteiger partial charge in [0, 0.05) is 0 Å². The Morgan fingerprint density at radius 2 is 2.29 bits per heavy atom. The summed E-state index contributed by atoms with van der Waals surface area (Å²) in [5.41, 5.74) is 0.950. The summed E-state index contributed by atoms with van der Waals surface area (Å²) in [7, 11) is 1.47. The lowest BCUT2D eigenvalue weighted by atomic mass is 10.2. The Labute approximate surface area is 78.3 Å². The molecular weight excluding hydrogens is 186 g/mol. The van der Waals surface area contributed by atoms with Gasteiger partial charge < -0.3 is 9.15 Å². The van der Waals surface area contributed by atoms with Gasteiger partial charge in [-0.3, -0.25) is 9.78 Å². The molecule has 1 aromatic heterocycles. The summed E-state index contributed by atoms with van der Waals surface area (Å²) >= 11 is 0. The number of hydrogen-bond donors (Lipinski definition) is 1. The second kappa shape index (κ2) is 3.02. The van der Waals surface area contributed by atoms with Crippen LogP contribution in [0.2, 0.25) is 0 Å². The lowest BCUT2D eigenvalue weighted by molar-refractivity contribution is 0.112. The fourth-order valence-electron chi connectivity index (χ4n) is 1.29. The van der Waals surface area contributed by atoms with Gasteiger partial charge in [0.15, 0.2) is 11.9 Å². The lowest BCUT2D eigenvalue weighted by Gasteiger charge is -1.99. The molecule has 0 aliphatic rings. The zero-order valence-corrected chi connectivity index (χ0v) is 7.37. The Morgan fingerprint density at radius 3 is 2.93 bits per heavy atom. The van der Waals surface area contributed by atoms with E-state index >= 15 is 0 Å². The van der Waals surface area contributed by atoms with Crippen LogP contribution in [0.4, 0.5) is 0 Å². The summed E-state index contributed by atoms with van der Waals surface area (Å²) in [5, 5.41) is 0. The van der Waals surface area contributed by atoms with E-state index in [2.05, 4.69) is 4.98 Å². The van der Waals surface area contributed by atoms with Crippen LogP contribution in [-0.4, -0.2) is 18.4 Å². The molecule has 0 spiro atoms. The van der Waals surface area contributed by atoms with Gasteiger partial charge in [-0.25, -0.2) is 4.79 Å². The molecule has 2 aromatic rings. The Bertz CT molecular complexity index is 537. The van der Waals surface area contributed by atoms with Gasteiger partial charge in [0.25, 0.3) is 0 Å². The number of carbonyl (C=O) groups excluding carboxylic acids is 1. The van der Waals surface area contributed by atoms with Crippen LogP contribution in [-0.2, 0) is 0 Å². The van der Waals surface area contributed by atoms with Crippen molar-refractivity contribution in [2.75, 3.05) is 7.11 Å². The molecule has 0 aliphatic heterocycles. The van der Waals surface area contributed by atoms with E-state index in [9.17, 15) is 9.59 Å². The third kappa shape index (κ3) is 1.10. The summed E-state index contributed by atoms with van der Waals surface area (Å²) in [5.74, 6) is -0.135. The highest BCUT2D eigenvalue weighted by Crippen LogP contribution is 2.24. The van der Waals surface area contributed by atoms with Gasteiger partial charge in [-0.2, -0.15) is 0 Å². The Morgan fingerprint density at radius 1 is 1.50 bits per heavy atom. The first kappa shape index (κ1) is 8.55. The normalized spacial score (nSPS) is 10.4. The highest BCUT2D eigenvalue weighted by atomic mass is 16.5. The SMILES string of the molecule is COc1ccc(C=O)c2oc(=O)[nH]c12. The number of oxazole rings is 1. The average molecular weight is 193 g/mol. The molecule has 0 unspecified atom stereocenters. The van der Waals surface area contributed by atoms with Crippen LogP contribution in [0.15, 0.2) is 21.3 Å². The van der Waals surface area contributed by atoms with Gasteiger partial charge in [-0.15, -0.1) is 0 Å². The molecule has 5 nitrogen and oxygen atoms in total. The van der Waals surface area contributed by atoms with Crippen molar-refractivity contribution in [1.29, 1.82) is 0 Å². The van der Waals surface area contributed by atoms with Crippen LogP contribution in [0.1, 0.15) is 10.4 Å². The van der Waals surface area contributed by atoms with Crippen molar-refractivity contribution in [3.05, 3.63) is 28.2 Å². The van der Waals surface area contributed by atoms with Crippen LogP contribution in [0.3, 0.4) is 0 Å². The summed E-state index contributed by atoms with van der Waals surface area (Å²) in [6.07, 6.45) is 0.624. The molecular formula is C9H7NO4. The maximum atomic E-state index is 10.9. The van der Waals surface area contributed by atoms with Crippen LogP contribution in [0.25, 0.3) is 11.1 Å². The fourth-order valence-corrected chi connectivity index (χ4v) is 1.29. The Hall–Kier alpha value is -2.04. The highest BCUT2D eigenvalue weighted by molar-refractivity contribution is 5.95. The van der Waals surface area contributed by atoms with E-state index in [1.54, 1.807) is 6.07 Å². The van der Waals surface area contributed by atoms with Crippen LogP contribution >= 0.6 is 0 Å². The van der Waals surface area contributed by atoms with E-state index in [0.717, 1.165) is 0 Å². The standard InChI is InChI=1S/C9H7NO4/c1-13-6-3-2-5(4-11)8-7(6)10-9(12)14-8/h2-4H,1H3,(H,10,12). The minimum atomic E-state index is -0.604.